The van der Waals surface area contributed by atoms with E-state index in [1.165, 1.54) is 16.7 Å². The third kappa shape index (κ3) is 10.6. The van der Waals surface area contributed by atoms with E-state index in [4.69, 9.17) is 5.73 Å². The number of fused-ring (bicyclic) bond motifs is 1. The van der Waals surface area contributed by atoms with Gasteiger partial charge in [-0.25, -0.2) is 15.0 Å². The van der Waals surface area contributed by atoms with Crippen molar-refractivity contribution in [3.63, 3.8) is 0 Å². The Bertz CT molecular complexity index is 2750. The van der Waals surface area contributed by atoms with Gasteiger partial charge in [0.25, 0.3) is 17.7 Å². The Hall–Kier alpha value is -7.03. The maximum Gasteiger partial charge on any atom is 0.274 e. The number of piperazine rings is 1. The minimum atomic E-state index is -0.681. The molecule has 5 aromatic rings. The molecule has 362 valence electrons. The van der Waals surface area contributed by atoms with Crippen LogP contribution in [0.3, 0.4) is 0 Å². The fourth-order valence-electron chi connectivity index (χ4n) is 9.86. The Kier molecular flexibility index (Phi) is 13.4. The summed E-state index contributed by atoms with van der Waals surface area (Å²) in [5.41, 5.74) is 10.5. The Labute approximate surface area is 410 Å². The third-order valence-corrected chi connectivity index (χ3v) is 15.0. The molecular weight excluding hydrogens is 909 g/mol. The Morgan fingerprint density at radius 2 is 1.56 bits per heavy atom. The number of hydrogen-bond donors (Lipinski definition) is 4. The molecule has 5 amide bonds. The maximum absolute atomic E-state index is 13.2. The van der Waals surface area contributed by atoms with Crippen LogP contribution in [0.5, 0.6) is 0 Å². The van der Waals surface area contributed by atoms with Crippen LogP contribution < -0.4 is 36.4 Å². The molecule has 2 aromatic carbocycles. The number of anilines is 4. The molecular formula is C50H56N14O5S. The molecule has 0 bridgehead atoms. The van der Waals surface area contributed by atoms with Crippen LogP contribution in [0.15, 0.2) is 95.2 Å². The summed E-state index contributed by atoms with van der Waals surface area (Å²) in [5.74, 6) is -0.0541. The molecule has 19 nitrogen and oxygen atoms in total. The van der Waals surface area contributed by atoms with E-state index in [-0.39, 0.29) is 54.4 Å². The average molecular weight is 965 g/mol. The number of nitrogens with zero attached hydrogens (tertiary/aromatic N) is 10. The largest absolute Gasteiger partial charge is 0.370 e. The zero-order valence-corrected chi connectivity index (χ0v) is 39.9. The average Bonchev–Trinajstić information content (AvgIpc) is 3.70. The summed E-state index contributed by atoms with van der Waals surface area (Å²) in [5, 5.41) is 17.6. The zero-order valence-electron chi connectivity index (χ0n) is 39.1. The number of piperidine rings is 3. The van der Waals surface area contributed by atoms with Crippen LogP contribution in [0.25, 0.3) is 0 Å². The normalized spacial score (nSPS) is 19.7. The smallest absolute Gasteiger partial charge is 0.274 e. The van der Waals surface area contributed by atoms with E-state index in [0.717, 1.165) is 116 Å². The highest BCUT2D eigenvalue weighted by Gasteiger charge is 2.39. The number of nitrogens with one attached hydrogen (secondary N) is 3. The molecule has 10 rings (SSSR count). The molecule has 5 N–H and O–H groups in total. The molecule has 8 heterocycles. The fourth-order valence-corrected chi connectivity index (χ4v) is 10.6. The second kappa shape index (κ2) is 20.1. The van der Waals surface area contributed by atoms with Crippen LogP contribution in [0, 0.1) is 0 Å². The number of pyridine rings is 1. The Morgan fingerprint density at radius 3 is 2.27 bits per heavy atom. The molecule has 4 fully saturated rings. The molecule has 20 heteroatoms. The van der Waals surface area contributed by atoms with E-state index in [1.54, 1.807) is 36.7 Å². The zero-order chi connectivity index (χ0) is 48.4. The predicted molar refractivity (Wildman–Crippen MR) is 264 cm³/mol. The van der Waals surface area contributed by atoms with Gasteiger partial charge < -0.3 is 36.0 Å². The van der Waals surface area contributed by atoms with Crippen LogP contribution in [0.1, 0.15) is 87.9 Å². The molecule has 0 radical (unpaired) electrons. The fraction of sp³-hybridized carbons (Fsp3) is 0.400. The highest BCUT2D eigenvalue weighted by atomic mass is 32.2. The molecule has 5 aliphatic rings. The first-order chi connectivity index (χ1) is 33.9. The summed E-state index contributed by atoms with van der Waals surface area (Å²) >= 11 is 1.49. The van der Waals surface area contributed by atoms with Gasteiger partial charge in [0.2, 0.25) is 11.8 Å². The van der Waals surface area contributed by atoms with Gasteiger partial charge in [-0.2, -0.15) is 0 Å². The van der Waals surface area contributed by atoms with E-state index in [0.29, 0.717) is 29.4 Å². The molecule has 70 heavy (non-hydrogen) atoms. The summed E-state index contributed by atoms with van der Waals surface area (Å²) in [7, 11) is 0. The van der Waals surface area contributed by atoms with Crippen molar-refractivity contribution < 1.29 is 24.0 Å². The number of carbonyl (C=O) groups excluding carboxylic acids is 5. The number of imide groups is 1. The van der Waals surface area contributed by atoms with Crippen LogP contribution in [-0.4, -0.2) is 134 Å². The summed E-state index contributed by atoms with van der Waals surface area (Å²) in [6.45, 7) is 9.51. The number of aromatic nitrogens is 5. The van der Waals surface area contributed by atoms with Crippen molar-refractivity contribution >= 4 is 64.3 Å². The van der Waals surface area contributed by atoms with Crippen molar-refractivity contribution in [1.29, 1.82) is 0 Å². The molecule has 1 atom stereocenters. The van der Waals surface area contributed by atoms with Crippen molar-refractivity contribution in [1.82, 2.24) is 45.6 Å². The lowest BCUT2D eigenvalue weighted by atomic mass is 9.91. The highest BCUT2D eigenvalue weighted by molar-refractivity contribution is 7.99. The lowest BCUT2D eigenvalue weighted by Crippen LogP contribution is -2.53. The van der Waals surface area contributed by atoms with Crippen molar-refractivity contribution in [2.75, 3.05) is 72.4 Å². The van der Waals surface area contributed by atoms with Gasteiger partial charge in [-0.05, 0) is 98.7 Å². The second-order valence-corrected chi connectivity index (χ2v) is 20.0. The van der Waals surface area contributed by atoms with Crippen molar-refractivity contribution in [3.05, 3.63) is 113 Å². The van der Waals surface area contributed by atoms with Gasteiger partial charge in [-0.1, -0.05) is 30.0 Å². The van der Waals surface area contributed by atoms with Crippen LogP contribution in [-0.2, 0) is 22.7 Å². The van der Waals surface area contributed by atoms with Gasteiger partial charge in [-0.3, -0.25) is 34.2 Å². The number of nitrogens with two attached hydrogens (primary N) is 1. The van der Waals surface area contributed by atoms with E-state index in [1.807, 2.05) is 48.7 Å². The first-order valence-corrected chi connectivity index (χ1v) is 24.8. The second-order valence-electron chi connectivity index (χ2n) is 18.9. The number of rotatable bonds is 12. The molecule has 5 aliphatic heterocycles. The van der Waals surface area contributed by atoms with Crippen molar-refractivity contribution in [3.8, 4) is 0 Å². The highest BCUT2D eigenvalue weighted by Crippen LogP contribution is 2.31. The standard InChI is InChI=1S/C50H56N14O5S/c1-50(51)15-19-62(20-16-50)43-29-54-45(30-53-43)70-37-4-2-3-34(26-37)56-47(67)39-8-6-36(28-52-39)60-17-13-35(14-18-60)61-21-23-63(24-22-61)42-11-9-40(58-59-42)46(66)55-27-32-5-7-38-33(25-32)31-64(49(38)69)41-10-12-44(65)57-48(41)68/h2-9,11,25-26,28-30,35,41H,10,12-24,27,31,51H2,1H3,(H,55,66)(H,56,67)(H,57,65,68). The van der Waals surface area contributed by atoms with Crippen LogP contribution in [0.2, 0.25) is 0 Å². The number of hydrogen-bond acceptors (Lipinski definition) is 16. The molecule has 3 aromatic heterocycles. The van der Waals surface area contributed by atoms with Gasteiger partial charge in [0.1, 0.15) is 22.6 Å². The topological polar surface area (TPSA) is 228 Å². The summed E-state index contributed by atoms with van der Waals surface area (Å²) in [4.78, 5) is 88.9. The van der Waals surface area contributed by atoms with E-state index in [9.17, 15) is 24.0 Å². The Morgan fingerprint density at radius 1 is 0.771 bits per heavy atom. The van der Waals surface area contributed by atoms with Gasteiger partial charge >= 0.3 is 0 Å². The number of benzene rings is 2. The summed E-state index contributed by atoms with van der Waals surface area (Å²) < 4.78 is 0. The SMILES string of the molecule is CC1(N)CCN(c2cnc(Sc3cccc(NC(=O)c4ccc(N5CCC(N6CCN(c7ccc(C(=O)NCc8ccc9c(c8)CN(C8CCC(=O)NC8=O)C9=O)nn7)CC6)CC5)cn4)c3)cn2)CC1. The van der Waals surface area contributed by atoms with Crippen molar-refractivity contribution in [2.24, 2.45) is 5.73 Å². The maximum atomic E-state index is 13.2. The molecule has 0 saturated carbocycles. The van der Waals surface area contributed by atoms with Gasteiger partial charge in [0.05, 0.1) is 24.3 Å². The summed E-state index contributed by atoms with van der Waals surface area (Å²) in [6.07, 6.45) is 9.77. The van der Waals surface area contributed by atoms with Crippen molar-refractivity contribution in [2.45, 2.75) is 86.1 Å². The van der Waals surface area contributed by atoms with Gasteiger partial charge in [0.15, 0.2) is 11.5 Å². The lowest BCUT2D eigenvalue weighted by molar-refractivity contribution is -0.136. The minimum Gasteiger partial charge on any atom is -0.370 e. The minimum absolute atomic E-state index is 0.125. The van der Waals surface area contributed by atoms with E-state index >= 15 is 0 Å². The summed E-state index contributed by atoms with van der Waals surface area (Å²) in [6, 6.07) is 20.1. The van der Waals surface area contributed by atoms with Gasteiger partial charge in [-0.15, -0.1) is 10.2 Å². The first-order valence-electron chi connectivity index (χ1n) is 23.9. The molecule has 0 aliphatic carbocycles. The van der Waals surface area contributed by atoms with Crippen LogP contribution >= 0.6 is 11.8 Å². The molecule has 0 spiro atoms. The first kappa shape index (κ1) is 46.7. The Balaban J connectivity index is 0.640. The van der Waals surface area contributed by atoms with Gasteiger partial charge in [0, 0.05) is 99.6 Å². The predicted octanol–water partition coefficient (Wildman–Crippen LogP) is 3.86. The van der Waals surface area contributed by atoms with E-state index < -0.39 is 11.9 Å². The number of amides is 5. The monoisotopic (exact) mass is 964 g/mol. The number of carbonyl (C=O) groups is 5. The lowest BCUT2D eigenvalue weighted by Gasteiger charge is -2.43. The molecule has 1 unspecified atom stereocenters. The quantitative estimate of drug-likeness (QED) is 0.130. The van der Waals surface area contributed by atoms with E-state index in [2.05, 4.69) is 67.6 Å². The third-order valence-electron chi connectivity index (χ3n) is 14.0. The molecule has 4 saturated heterocycles. The van der Waals surface area contributed by atoms with Crippen LogP contribution in [0.4, 0.5) is 23.0 Å².